The number of benzene rings is 1. The van der Waals surface area contributed by atoms with Gasteiger partial charge in [-0.3, -0.25) is 9.89 Å². The Kier molecular flexibility index (Phi) is 4.63. The lowest BCUT2D eigenvalue weighted by atomic mass is 10.2. The Morgan fingerprint density at radius 2 is 2.25 bits per heavy atom. The third-order valence-electron chi connectivity index (χ3n) is 2.72. The molecule has 0 unspecified atom stereocenters. The maximum atomic E-state index is 11.7. The van der Waals surface area contributed by atoms with Crippen LogP contribution in [0.1, 0.15) is 18.2 Å². The van der Waals surface area contributed by atoms with E-state index in [0.29, 0.717) is 16.6 Å². The number of hydrogen-bond acceptors (Lipinski definition) is 3. The van der Waals surface area contributed by atoms with Crippen LogP contribution < -0.4 is 10.1 Å². The second kappa shape index (κ2) is 6.43. The number of H-pyrrole nitrogens is 1. The summed E-state index contributed by atoms with van der Waals surface area (Å²) in [5.74, 6) is 0.709. The zero-order valence-corrected chi connectivity index (χ0v) is 12.1. The van der Waals surface area contributed by atoms with Crippen LogP contribution in [0.15, 0.2) is 24.3 Å². The molecule has 6 heteroatoms. The number of amides is 1. The van der Waals surface area contributed by atoms with Gasteiger partial charge in [-0.25, -0.2) is 0 Å². The summed E-state index contributed by atoms with van der Waals surface area (Å²) in [5.41, 5.74) is 1.98. The molecule has 0 aliphatic rings. The highest BCUT2D eigenvalue weighted by Gasteiger charge is 2.08. The number of ether oxygens (including phenoxy) is 1. The highest BCUT2D eigenvalue weighted by molar-refractivity contribution is 6.32. The lowest BCUT2D eigenvalue weighted by Crippen LogP contribution is -2.20. The molecule has 0 radical (unpaired) electrons. The second-order valence-electron chi connectivity index (χ2n) is 4.40. The van der Waals surface area contributed by atoms with Gasteiger partial charge in [0.15, 0.2) is 12.4 Å². The quantitative estimate of drug-likeness (QED) is 0.890. The van der Waals surface area contributed by atoms with E-state index < -0.39 is 0 Å². The predicted molar refractivity (Wildman–Crippen MR) is 78.3 cm³/mol. The molecule has 0 saturated carbocycles. The molecule has 1 amide bonds. The fourth-order valence-electron chi connectivity index (χ4n) is 1.65. The number of aryl methyl sites for hydroxylation is 2. The van der Waals surface area contributed by atoms with Gasteiger partial charge >= 0.3 is 0 Å². The van der Waals surface area contributed by atoms with E-state index in [2.05, 4.69) is 15.5 Å². The van der Waals surface area contributed by atoms with Crippen LogP contribution in [0.5, 0.6) is 5.75 Å². The van der Waals surface area contributed by atoms with Crippen molar-refractivity contribution in [2.45, 2.75) is 20.3 Å². The minimum Gasteiger partial charge on any atom is -0.482 e. The number of halogens is 1. The third kappa shape index (κ3) is 3.74. The van der Waals surface area contributed by atoms with Crippen LogP contribution in [-0.2, 0) is 11.2 Å². The molecule has 2 N–H and O–H groups in total. The first-order valence-electron chi connectivity index (χ1n) is 6.31. The molecular weight excluding hydrogens is 278 g/mol. The van der Waals surface area contributed by atoms with Gasteiger partial charge in [0.2, 0.25) is 0 Å². The Labute approximate surface area is 122 Å². The van der Waals surface area contributed by atoms with Gasteiger partial charge in [0.05, 0.1) is 5.02 Å². The number of aromatic nitrogens is 2. The van der Waals surface area contributed by atoms with Crippen molar-refractivity contribution >= 4 is 23.3 Å². The van der Waals surface area contributed by atoms with E-state index in [4.69, 9.17) is 16.3 Å². The van der Waals surface area contributed by atoms with Crippen molar-refractivity contribution in [2.24, 2.45) is 0 Å². The molecule has 106 valence electrons. The summed E-state index contributed by atoms with van der Waals surface area (Å²) < 4.78 is 5.40. The summed E-state index contributed by atoms with van der Waals surface area (Å²) >= 11 is 5.99. The van der Waals surface area contributed by atoms with E-state index in [1.54, 1.807) is 18.2 Å². The SMILES string of the molecule is CCc1cc(NC(=O)COc2cc(C)ccc2Cl)n[nH]1. The van der Waals surface area contributed by atoms with Gasteiger partial charge in [0.1, 0.15) is 5.75 Å². The predicted octanol–water partition coefficient (Wildman–Crippen LogP) is 2.95. The molecule has 0 fully saturated rings. The van der Waals surface area contributed by atoms with Crippen molar-refractivity contribution in [3.05, 3.63) is 40.5 Å². The molecule has 0 aliphatic carbocycles. The van der Waals surface area contributed by atoms with Crippen LogP contribution >= 0.6 is 11.6 Å². The molecule has 1 aromatic heterocycles. The van der Waals surface area contributed by atoms with Crippen molar-refractivity contribution in [3.8, 4) is 5.75 Å². The molecule has 0 saturated heterocycles. The zero-order valence-electron chi connectivity index (χ0n) is 11.4. The first-order chi connectivity index (χ1) is 9.58. The van der Waals surface area contributed by atoms with Gasteiger partial charge in [-0.15, -0.1) is 0 Å². The summed E-state index contributed by atoms with van der Waals surface area (Å²) in [5, 5.41) is 9.93. The van der Waals surface area contributed by atoms with Crippen LogP contribution in [0.25, 0.3) is 0 Å². The molecule has 0 atom stereocenters. The monoisotopic (exact) mass is 293 g/mol. The molecule has 0 spiro atoms. The van der Waals surface area contributed by atoms with E-state index in [1.807, 2.05) is 19.9 Å². The van der Waals surface area contributed by atoms with Gasteiger partial charge in [-0.1, -0.05) is 24.6 Å². The number of nitrogens with zero attached hydrogens (tertiary/aromatic N) is 1. The molecule has 1 heterocycles. The highest BCUT2D eigenvalue weighted by Crippen LogP contribution is 2.25. The summed E-state index contributed by atoms with van der Waals surface area (Å²) in [6.45, 7) is 3.82. The van der Waals surface area contributed by atoms with Crippen molar-refractivity contribution in [1.29, 1.82) is 0 Å². The highest BCUT2D eigenvalue weighted by atomic mass is 35.5. The fraction of sp³-hybridized carbons (Fsp3) is 0.286. The Hall–Kier alpha value is -2.01. The zero-order chi connectivity index (χ0) is 14.5. The maximum Gasteiger partial charge on any atom is 0.263 e. The molecule has 2 aromatic rings. The van der Waals surface area contributed by atoms with Crippen LogP contribution in [0.2, 0.25) is 5.02 Å². The van der Waals surface area contributed by atoms with Crippen LogP contribution in [0.4, 0.5) is 5.82 Å². The Balaban J connectivity index is 1.90. The molecule has 5 nitrogen and oxygen atoms in total. The standard InChI is InChI=1S/C14H16ClN3O2/c1-3-10-7-13(18-17-10)16-14(19)8-20-12-6-9(2)4-5-11(12)15/h4-7H,3,8H2,1-2H3,(H2,16,17,18,19). The average molecular weight is 294 g/mol. The largest absolute Gasteiger partial charge is 0.482 e. The first kappa shape index (κ1) is 14.4. The van der Waals surface area contributed by atoms with E-state index in [-0.39, 0.29) is 12.5 Å². The number of anilines is 1. The van der Waals surface area contributed by atoms with Crippen molar-refractivity contribution in [1.82, 2.24) is 10.2 Å². The van der Waals surface area contributed by atoms with Crippen LogP contribution in [-0.4, -0.2) is 22.7 Å². The van der Waals surface area contributed by atoms with Crippen molar-refractivity contribution in [3.63, 3.8) is 0 Å². The second-order valence-corrected chi connectivity index (χ2v) is 4.81. The van der Waals surface area contributed by atoms with Gasteiger partial charge in [0, 0.05) is 11.8 Å². The fourth-order valence-corrected chi connectivity index (χ4v) is 1.82. The molecule has 1 aromatic carbocycles. The Bertz CT molecular complexity index is 610. The number of hydrogen-bond donors (Lipinski definition) is 2. The lowest BCUT2D eigenvalue weighted by Gasteiger charge is -2.08. The van der Waals surface area contributed by atoms with Gasteiger partial charge in [-0.2, -0.15) is 5.10 Å². The van der Waals surface area contributed by atoms with E-state index in [1.165, 1.54) is 0 Å². The molecule has 2 rings (SSSR count). The maximum absolute atomic E-state index is 11.7. The summed E-state index contributed by atoms with van der Waals surface area (Å²) in [6.07, 6.45) is 0.832. The summed E-state index contributed by atoms with van der Waals surface area (Å²) in [4.78, 5) is 11.7. The third-order valence-corrected chi connectivity index (χ3v) is 3.04. The Morgan fingerprint density at radius 3 is 2.95 bits per heavy atom. The summed E-state index contributed by atoms with van der Waals surface area (Å²) in [6, 6.07) is 7.20. The number of carbonyl (C=O) groups excluding carboxylic acids is 1. The van der Waals surface area contributed by atoms with Crippen LogP contribution in [0.3, 0.4) is 0 Å². The molecule has 0 aliphatic heterocycles. The summed E-state index contributed by atoms with van der Waals surface area (Å²) in [7, 11) is 0. The van der Waals surface area contributed by atoms with E-state index >= 15 is 0 Å². The number of carbonyl (C=O) groups is 1. The van der Waals surface area contributed by atoms with Crippen molar-refractivity contribution < 1.29 is 9.53 Å². The van der Waals surface area contributed by atoms with Gasteiger partial charge < -0.3 is 10.1 Å². The number of aromatic amines is 1. The topological polar surface area (TPSA) is 67.0 Å². The van der Waals surface area contributed by atoms with Gasteiger partial charge in [0.25, 0.3) is 5.91 Å². The Morgan fingerprint density at radius 1 is 1.45 bits per heavy atom. The minimum absolute atomic E-state index is 0.114. The normalized spacial score (nSPS) is 10.3. The minimum atomic E-state index is -0.281. The average Bonchev–Trinajstić information content (AvgIpc) is 2.87. The smallest absolute Gasteiger partial charge is 0.263 e. The van der Waals surface area contributed by atoms with Gasteiger partial charge in [-0.05, 0) is 31.0 Å². The number of rotatable bonds is 5. The molecule has 20 heavy (non-hydrogen) atoms. The first-order valence-corrected chi connectivity index (χ1v) is 6.69. The van der Waals surface area contributed by atoms with E-state index in [9.17, 15) is 4.79 Å². The molecular formula is C14H16ClN3O2. The lowest BCUT2D eigenvalue weighted by molar-refractivity contribution is -0.118. The van der Waals surface area contributed by atoms with Crippen molar-refractivity contribution in [2.75, 3.05) is 11.9 Å². The van der Waals surface area contributed by atoms with E-state index in [0.717, 1.165) is 17.7 Å². The van der Waals surface area contributed by atoms with Crippen LogP contribution in [0, 0.1) is 6.92 Å². The number of nitrogens with one attached hydrogen (secondary N) is 2. The molecule has 0 bridgehead atoms.